The topological polar surface area (TPSA) is 49.8 Å². The number of benzene rings is 1. The molecule has 1 aromatic rings. The minimum atomic E-state index is -4.82. The van der Waals surface area contributed by atoms with Crippen LogP contribution in [0.2, 0.25) is 5.02 Å². The summed E-state index contributed by atoms with van der Waals surface area (Å²) in [4.78, 5) is 13.3. The molecule has 4 nitrogen and oxygen atoms in total. The molecule has 1 heterocycles. The smallest absolute Gasteiger partial charge is 0.430 e. The second-order valence-corrected chi connectivity index (χ2v) is 7.08. The van der Waals surface area contributed by atoms with E-state index >= 15 is 0 Å². The first-order valence-electron chi connectivity index (χ1n) is 8.47. The van der Waals surface area contributed by atoms with Crippen LogP contribution in [0.15, 0.2) is 17.7 Å². The fourth-order valence-electron chi connectivity index (χ4n) is 3.06. The third kappa shape index (κ3) is 3.92. The van der Waals surface area contributed by atoms with Gasteiger partial charge in [0.1, 0.15) is 5.75 Å². The Balaban J connectivity index is 2.00. The highest BCUT2D eigenvalue weighted by molar-refractivity contribution is 6.33. The molecule has 1 atom stereocenters. The summed E-state index contributed by atoms with van der Waals surface area (Å²) >= 11 is 6.35. The molecule has 0 amide bonds. The first kappa shape index (κ1) is 18.9. The van der Waals surface area contributed by atoms with E-state index in [1.165, 1.54) is 12.1 Å². The normalized spacial score (nSPS) is 19.4. The number of aliphatic carboxylic acids is 1. The van der Waals surface area contributed by atoms with Gasteiger partial charge in [0.25, 0.3) is 0 Å². The van der Waals surface area contributed by atoms with E-state index in [0.29, 0.717) is 16.6 Å². The number of carboxylic acids is 1. The number of rotatable bonds is 6. The summed E-state index contributed by atoms with van der Waals surface area (Å²) in [6.45, 7) is 3.55. The molecule has 1 fully saturated rings. The molecule has 1 aliphatic heterocycles. The van der Waals surface area contributed by atoms with Crippen molar-refractivity contribution in [2.75, 3.05) is 18.0 Å². The van der Waals surface area contributed by atoms with Gasteiger partial charge in [0.15, 0.2) is 0 Å². The average Bonchev–Trinajstić information content (AvgIpc) is 3.35. The van der Waals surface area contributed by atoms with Crippen LogP contribution in [0.1, 0.15) is 31.7 Å². The Morgan fingerprint density at radius 2 is 2.08 bits per heavy atom. The van der Waals surface area contributed by atoms with E-state index in [-0.39, 0.29) is 11.3 Å². The number of anilines is 1. The molecule has 0 radical (unpaired) electrons. The lowest BCUT2D eigenvalue weighted by atomic mass is 10.0. The molecule has 0 aromatic heterocycles. The van der Waals surface area contributed by atoms with Gasteiger partial charge in [-0.05, 0) is 37.3 Å². The molecule has 1 unspecified atom stereocenters. The van der Waals surface area contributed by atoms with Crippen LogP contribution in [0.3, 0.4) is 0 Å². The van der Waals surface area contributed by atoms with Gasteiger partial charge in [-0.3, -0.25) is 0 Å². The van der Waals surface area contributed by atoms with Crippen LogP contribution in [0, 0.1) is 5.92 Å². The lowest BCUT2D eigenvalue weighted by Crippen LogP contribution is -2.40. The van der Waals surface area contributed by atoms with Crippen LogP contribution in [-0.2, 0) is 4.79 Å². The first-order valence-corrected chi connectivity index (χ1v) is 8.85. The molecule has 1 saturated carbocycles. The van der Waals surface area contributed by atoms with Crippen molar-refractivity contribution in [2.45, 2.75) is 38.5 Å². The number of hydrogen-bond acceptors (Lipinski definition) is 3. The van der Waals surface area contributed by atoms with Gasteiger partial charge in [-0.25, -0.2) is 4.79 Å². The predicted molar refractivity (Wildman–Crippen MR) is 92.8 cm³/mol. The summed E-state index contributed by atoms with van der Waals surface area (Å²) in [5.74, 6) is -1.09. The lowest BCUT2D eigenvalue weighted by Gasteiger charge is -2.30. The molecule has 26 heavy (non-hydrogen) atoms. The quantitative estimate of drug-likeness (QED) is 0.762. The summed E-state index contributed by atoms with van der Waals surface area (Å²) in [6.07, 6.45) is -3.18. The second kappa shape index (κ2) is 7.02. The number of hydrogen-bond donors (Lipinski definition) is 1. The standard InChI is InChI=1S/C18H19ClF3NO3/c1-2-5-23(9-10-3-4-10)14-8-15-11(7-13(14)19)6-12(17(24)25)16(26-15)18(20,21)22/h6-8,10,16H,2-5,9H2,1H3,(H,24,25). The minimum Gasteiger partial charge on any atom is -0.478 e. The summed E-state index contributed by atoms with van der Waals surface area (Å²) in [5, 5.41) is 9.46. The van der Waals surface area contributed by atoms with Gasteiger partial charge < -0.3 is 14.7 Å². The maximum absolute atomic E-state index is 13.2. The van der Waals surface area contributed by atoms with Crippen molar-refractivity contribution in [2.24, 2.45) is 5.92 Å². The maximum Gasteiger partial charge on any atom is 0.430 e. The van der Waals surface area contributed by atoms with Crippen molar-refractivity contribution < 1.29 is 27.8 Å². The van der Waals surface area contributed by atoms with Crippen LogP contribution in [-0.4, -0.2) is 36.4 Å². The van der Waals surface area contributed by atoms with Crippen LogP contribution >= 0.6 is 11.6 Å². The summed E-state index contributed by atoms with van der Waals surface area (Å²) in [5.41, 5.74) is 0.00370. The van der Waals surface area contributed by atoms with Gasteiger partial charge in [0, 0.05) is 24.7 Å². The zero-order valence-corrected chi connectivity index (χ0v) is 14.9. The van der Waals surface area contributed by atoms with Gasteiger partial charge in [0.2, 0.25) is 6.10 Å². The summed E-state index contributed by atoms with van der Waals surface area (Å²) in [6, 6.07) is 2.96. The SMILES string of the molecule is CCCN(CC1CC1)c1cc2c(cc1Cl)C=C(C(=O)O)C(C(F)(F)F)O2. The predicted octanol–water partition coefficient (Wildman–Crippen LogP) is 4.76. The highest BCUT2D eigenvalue weighted by Crippen LogP contribution is 2.42. The zero-order chi connectivity index (χ0) is 19.1. The van der Waals surface area contributed by atoms with E-state index < -0.39 is 23.8 Å². The number of carbonyl (C=O) groups is 1. The van der Waals surface area contributed by atoms with E-state index in [1.807, 2.05) is 6.92 Å². The Morgan fingerprint density at radius 3 is 2.62 bits per heavy atom. The molecular weight excluding hydrogens is 371 g/mol. The lowest BCUT2D eigenvalue weighted by molar-refractivity contribution is -0.187. The molecule has 0 spiro atoms. The largest absolute Gasteiger partial charge is 0.478 e. The maximum atomic E-state index is 13.2. The van der Waals surface area contributed by atoms with Gasteiger partial charge in [-0.1, -0.05) is 18.5 Å². The highest BCUT2D eigenvalue weighted by Gasteiger charge is 2.48. The van der Waals surface area contributed by atoms with E-state index in [1.54, 1.807) is 0 Å². The van der Waals surface area contributed by atoms with Gasteiger partial charge >= 0.3 is 12.1 Å². The van der Waals surface area contributed by atoms with Gasteiger partial charge in [0.05, 0.1) is 16.3 Å². The van der Waals surface area contributed by atoms with Crippen molar-refractivity contribution in [3.63, 3.8) is 0 Å². The Kier molecular flexibility index (Phi) is 5.10. The van der Waals surface area contributed by atoms with Crippen LogP contribution in [0.5, 0.6) is 5.75 Å². The third-order valence-corrected chi connectivity index (χ3v) is 4.77. The number of nitrogens with zero attached hydrogens (tertiary/aromatic N) is 1. The fourth-order valence-corrected chi connectivity index (χ4v) is 3.35. The molecule has 3 rings (SSSR count). The number of halogens is 4. The van der Waals surface area contributed by atoms with Gasteiger partial charge in [-0.15, -0.1) is 0 Å². The van der Waals surface area contributed by atoms with Gasteiger partial charge in [-0.2, -0.15) is 13.2 Å². The monoisotopic (exact) mass is 389 g/mol. The second-order valence-electron chi connectivity index (χ2n) is 6.68. The number of carboxylic acid groups (broad SMARTS) is 1. The Bertz CT molecular complexity index is 744. The Labute approximate surface area is 154 Å². The Hall–Kier alpha value is -1.89. The number of ether oxygens (including phenoxy) is 1. The van der Waals surface area contributed by atoms with Crippen molar-refractivity contribution in [3.05, 3.63) is 28.3 Å². The van der Waals surface area contributed by atoms with E-state index in [4.69, 9.17) is 21.4 Å². The molecule has 8 heteroatoms. The molecule has 0 bridgehead atoms. The number of alkyl halides is 3. The molecule has 1 N–H and O–H groups in total. The molecule has 0 saturated heterocycles. The van der Waals surface area contributed by atoms with Crippen molar-refractivity contribution >= 4 is 29.3 Å². The summed E-state index contributed by atoms with van der Waals surface area (Å²) < 4.78 is 44.7. The minimum absolute atomic E-state index is 0.00590. The number of fused-ring (bicyclic) bond motifs is 1. The average molecular weight is 390 g/mol. The highest BCUT2D eigenvalue weighted by atomic mass is 35.5. The zero-order valence-electron chi connectivity index (χ0n) is 14.1. The van der Waals surface area contributed by atoms with E-state index in [0.717, 1.165) is 38.4 Å². The van der Waals surface area contributed by atoms with Crippen molar-refractivity contribution in [1.82, 2.24) is 0 Å². The van der Waals surface area contributed by atoms with Crippen molar-refractivity contribution in [3.8, 4) is 5.75 Å². The molecule has 142 valence electrons. The molecule has 1 aromatic carbocycles. The first-order chi connectivity index (χ1) is 12.2. The van der Waals surface area contributed by atoms with Crippen LogP contribution in [0.25, 0.3) is 6.08 Å². The van der Waals surface area contributed by atoms with E-state index in [9.17, 15) is 18.0 Å². The van der Waals surface area contributed by atoms with Crippen molar-refractivity contribution in [1.29, 1.82) is 0 Å². The Morgan fingerprint density at radius 1 is 1.38 bits per heavy atom. The molecule has 1 aliphatic carbocycles. The van der Waals surface area contributed by atoms with E-state index in [2.05, 4.69) is 4.90 Å². The fraction of sp³-hybridized carbons (Fsp3) is 0.500. The molecule has 2 aliphatic rings. The molecular formula is C18H19ClF3NO3. The van der Waals surface area contributed by atoms with Crippen LogP contribution < -0.4 is 9.64 Å². The third-order valence-electron chi connectivity index (χ3n) is 4.47. The summed E-state index contributed by atoms with van der Waals surface area (Å²) in [7, 11) is 0. The van der Waals surface area contributed by atoms with Crippen LogP contribution in [0.4, 0.5) is 18.9 Å².